The molecule has 0 unspecified atom stereocenters. The van der Waals surface area contributed by atoms with Crippen LogP contribution in [0.2, 0.25) is 0 Å². The second-order valence-electron chi connectivity index (χ2n) is 2.41. The molecule has 0 aliphatic heterocycles. The van der Waals surface area contributed by atoms with E-state index in [4.69, 9.17) is 29.7 Å². The lowest BCUT2D eigenvalue weighted by Crippen LogP contribution is -2.21. The highest BCUT2D eigenvalue weighted by Crippen LogP contribution is 2.14. The lowest BCUT2D eigenvalue weighted by atomic mass is 10.7. The Kier molecular flexibility index (Phi) is 12.4. The van der Waals surface area contributed by atoms with Crippen LogP contribution < -0.4 is 0 Å². The van der Waals surface area contributed by atoms with Crippen LogP contribution in [0, 0.1) is 0 Å². The summed E-state index contributed by atoms with van der Waals surface area (Å²) in [7, 11) is 0. The van der Waals surface area contributed by atoms with Crippen LogP contribution in [0.15, 0.2) is 0 Å². The molecule has 22 heavy (non-hydrogen) atoms. The summed E-state index contributed by atoms with van der Waals surface area (Å²) in [5, 5.41) is 21.4. The van der Waals surface area contributed by atoms with Crippen LogP contribution in [0.3, 0.4) is 0 Å². The summed E-state index contributed by atoms with van der Waals surface area (Å²) in [5.41, 5.74) is 0. The fourth-order valence-corrected chi connectivity index (χ4v) is 0. The molecule has 0 saturated heterocycles. The number of aliphatic carboxylic acids is 3. The number of hydrogen-bond donors (Lipinski definition) is 3. The van der Waals surface area contributed by atoms with Crippen LogP contribution in [-0.4, -0.2) is 60.2 Å². The first-order valence-corrected chi connectivity index (χ1v) is 3.73. The Hall–Kier alpha value is -2.16. The van der Waals surface area contributed by atoms with Crippen molar-refractivity contribution in [2.45, 2.75) is 18.5 Å². The predicted molar refractivity (Wildman–Crippen MR) is 46.8 cm³/mol. The molecule has 0 aliphatic rings. The van der Waals surface area contributed by atoms with E-state index in [1.807, 2.05) is 0 Å². The lowest BCUT2D eigenvalue weighted by molar-refractivity contribution is -0.193. The van der Waals surface area contributed by atoms with Gasteiger partial charge in [0.25, 0.3) is 0 Å². The van der Waals surface area contributed by atoms with Gasteiger partial charge in [-0.2, -0.15) is 39.5 Å². The molecule has 0 saturated carbocycles. The van der Waals surface area contributed by atoms with Gasteiger partial charge >= 0.3 is 36.4 Å². The minimum absolute atomic E-state index is 0. The van der Waals surface area contributed by atoms with Crippen molar-refractivity contribution >= 4 is 26.3 Å². The van der Waals surface area contributed by atoms with E-state index in [2.05, 4.69) is 0 Å². The molecule has 0 aromatic carbocycles. The zero-order chi connectivity index (χ0) is 18.2. The maximum absolute atomic E-state index is 10.6. The molecule has 129 valence electrons. The standard InChI is InChI=1S/3C2HF3O2.B/c3*3-2(4,5)1(6)7;/h3*(H,6,7);. The molecule has 0 atom stereocenters. The van der Waals surface area contributed by atoms with E-state index in [0.717, 1.165) is 0 Å². The van der Waals surface area contributed by atoms with Crippen molar-refractivity contribution in [1.29, 1.82) is 0 Å². The molecule has 3 N–H and O–H groups in total. The second-order valence-corrected chi connectivity index (χ2v) is 2.41. The molecular weight excluding hydrogens is 350 g/mol. The Bertz CT molecular complexity index is 313. The van der Waals surface area contributed by atoms with Gasteiger partial charge < -0.3 is 15.3 Å². The Morgan fingerprint density at radius 3 is 0.545 bits per heavy atom. The van der Waals surface area contributed by atoms with Crippen molar-refractivity contribution in [2.24, 2.45) is 0 Å². The summed E-state index contributed by atoms with van der Waals surface area (Å²) < 4.78 is 95.2. The fraction of sp³-hybridized carbons (Fsp3) is 0.500. The highest BCUT2D eigenvalue weighted by atomic mass is 19.4. The van der Waals surface area contributed by atoms with Gasteiger partial charge in [0.05, 0.1) is 0 Å². The minimum Gasteiger partial charge on any atom is -0.475 e. The first kappa shape index (κ1) is 28.1. The average Bonchev–Trinajstić information content (AvgIpc) is 2.14. The van der Waals surface area contributed by atoms with E-state index in [9.17, 15) is 39.5 Å². The monoisotopic (exact) mass is 353 g/mol. The lowest BCUT2D eigenvalue weighted by Gasteiger charge is -1.93. The highest BCUT2D eigenvalue weighted by molar-refractivity contribution is 5.75. The van der Waals surface area contributed by atoms with Crippen molar-refractivity contribution in [3.05, 3.63) is 0 Å². The van der Waals surface area contributed by atoms with Crippen molar-refractivity contribution in [1.82, 2.24) is 0 Å². The first-order valence-electron chi connectivity index (χ1n) is 3.73. The number of carboxylic acids is 3. The number of hydrogen-bond acceptors (Lipinski definition) is 3. The predicted octanol–water partition coefficient (Wildman–Crippen LogP) is 1.52. The van der Waals surface area contributed by atoms with Gasteiger partial charge in [0.15, 0.2) is 0 Å². The summed E-state index contributed by atoms with van der Waals surface area (Å²) in [6, 6.07) is 0. The Morgan fingerprint density at radius 1 is 0.500 bits per heavy atom. The third-order valence-corrected chi connectivity index (χ3v) is 0.728. The van der Waals surface area contributed by atoms with Gasteiger partial charge in [0.1, 0.15) is 0 Å². The fourth-order valence-electron chi connectivity index (χ4n) is 0. The second kappa shape index (κ2) is 9.72. The summed E-state index contributed by atoms with van der Waals surface area (Å²) in [6.07, 6.45) is -15.3. The number of halogens is 9. The van der Waals surface area contributed by atoms with Gasteiger partial charge in [-0.3, -0.25) is 0 Å². The van der Waals surface area contributed by atoms with Crippen LogP contribution in [0.5, 0.6) is 0 Å². The summed E-state index contributed by atoms with van der Waals surface area (Å²) >= 11 is 0. The molecule has 6 nitrogen and oxygen atoms in total. The maximum atomic E-state index is 10.6. The van der Waals surface area contributed by atoms with E-state index in [-0.39, 0.29) is 8.41 Å². The largest absolute Gasteiger partial charge is 0.490 e. The summed E-state index contributed by atoms with van der Waals surface area (Å²) in [4.78, 5) is 26.7. The quantitative estimate of drug-likeness (QED) is 0.450. The Morgan fingerprint density at radius 2 is 0.545 bits per heavy atom. The van der Waals surface area contributed by atoms with Crippen molar-refractivity contribution < 1.29 is 69.2 Å². The molecular formula is C6H3BF9O6. The van der Waals surface area contributed by atoms with Gasteiger partial charge in [-0.05, 0) is 0 Å². The van der Waals surface area contributed by atoms with E-state index in [0.29, 0.717) is 0 Å². The smallest absolute Gasteiger partial charge is 0.475 e. The molecule has 3 radical (unpaired) electrons. The molecule has 0 rings (SSSR count). The van der Waals surface area contributed by atoms with Crippen molar-refractivity contribution in [2.75, 3.05) is 0 Å². The van der Waals surface area contributed by atoms with E-state index in [1.165, 1.54) is 0 Å². The first-order chi connectivity index (χ1) is 8.83. The van der Waals surface area contributed by atoms with Gasteiger partial charge in [0.2, 0.25) is 0 Å². The minimum atomic E-state index is -5.08. The van der Waals surface area contributed by atoms with Crippen LogP contribution in [-0.2, 0) is 14.4 Å². The van der Waals surface area contributed by atoms with Gasteiger partial charge in [-0.15, -0.1) is 0 Å². The molecule has 0 aromatic rings. The Balaban J connectivity index is -0.000000108. The van der Waals surface area contributed by atoms with Crippen molar-refractivity contribution in [3.8, 4) is 0 Å². The van der Waals surface area contributed by atoms with Gasteiger partial charge in [-0.25, -0.2) is 14.4 Å². The number of alkyl halides is 9. The molecule has 0 heterocycles. The molecule has 0 aromatic heterocycles. The van der Waals surface area contributed by atoms with E-state index < -0.39 is 36.4 Å². The summed E-state index contributed by atoms with van der Waals surface area (Å²) in [6.45, 7) is 0. The van der Waals surface area contributed by atoms with Crippen LogP contribution >= 0.6 is 0 Å². The van der Waals surface area contributed by atoms with Crippen LogP contribution in [0.4, 0.5) is 39.5 Å². The number of carbonyl (C=O) groups is 3. The molecule has 0 amide bonds. The zero-order valence-electron chi connectivity index (χ0n) is 9.55. The van der Waals surface area contributed by atoms with Crippen molar-refractivity contribution in [3.63, 3.8) is 0 Å². The van der Waals surface area contributed by atoms with Crippen LogP contribution in [0.25, 0.3) is 0 Å². The molecule has 0 spiro atoms. The third kappa shape index (κ3) is 20.2. The topological polar surface area (TPSA) is 112 Å². The number of carboxylic acid groups (broad SMARTS) is 3. The zero-order valence-corrected chi connectivity index (χ0v) is 9.55. The highest BCUT2D eigenvalue weighted by Gasteiger charge is 2.39. The van der Waals surface area contributed by atoms with Crippen LogP contribution in [0.1, 0.15) is 0 Å². The van der Waals surface area contributed by atoms with Gasteiger partial charge in [0, 0.05) is 8.41 Å². The summed E-state index contributed by atoms with van der Waals surface area (Å²) in [5.74, 6) is -8.27. The maximum Gasteiger partial charge on any atom is 0.490 e. The van der Waals surface area contributed by atoms with E-state index >= 15 is 0 Å². The SMILES string of the molecule is O=C(O)C(F)(F)F.O=C(O)C(F)(F)F.O=C(O)C(F)(F)F.[B]. The molecule has 0 aliphatic carbocycles. The molecule has 0 bridgehead atoms. The normalized spacial score (nSPS) is 10.8. The third-order valence-electron chi connectivity index (χ3n) is 0.728. The van der Waals surface area contributed by atoms with Gasteiger partial charge in [-0.1, -0.05) is 0 Å². The number of rotatable bonds is 0. The van der Waals surface area contributed by atoms with E-state index in [1.54, 1.807) is 0 Å². The Labute approximate surface area is 115 Å². The molecule has 0 fully saturated rings. The average molecular weight is 353 g/mol. The molecule has 16 heteroatoms.